The van der Waals surface area contributed by atoms with Crippen LogP contribution >= 0.6 is 34.8 Å². The lowest BCUT2D eigenvalue weighted by Gasteiger charge is -2.12. The molecule has 136 valence electrons. The van der Waals surface area contributed by atoms with Crippen molar-refractivity contribution in [2.75, 3.05) is 6.61 Å². The fraction of sp³-hybridized carbons (Fsp3) is 0.167. The van der Waals surface area contributed by atoms with Gasteiger partial charge in [0.05, 0.1) is 0 Å². The maximum Gasteiger partial charge on any atom is 0.276 e. The van der Waals surface area contributed by atoms with Crippen LogP contribution in [0.25, 0.3) is 0 Å². The summed E-state index contributed by atoms with van der Waals surface area (Å²) in [6.45, 7) is 3.72. The summed E-state index contributed by atoms with van der Waals surface area (Å²) < 4.78 is 6.35. The number of aryl methyl sites for hydroxylation is 2. The van der Waals surface area contributed by atoms with Crippen LogP contribution in [-0.4, -0.2) is 23.5 Å². The SMILES string of the molecule is Cc1cccc(OCC(=O)NNC(=S)NC(=O)c2ccc(C)c(I)c2)c1. The lowest BCUT2D eigenvalue weighted by atomic mass is 10.1. The molecule has 0 unspecified atom stereocenters. The van der Waals surface area contributed by atoms with Gasteiger partial charge in [-0.1, -0.05) is 18.2 Å². The molecule has 6 nitrogen and oxygen atoms in total. The molecule has 0 saturated heterocycles. The number of carbonyl (C=O) groups excluding carboxylic acids is 2. The first-order valence-corrected chi connectivity index (χ1v) is 9.19. The second kappa shape index (κ2) is 9.48. The van der Waals surface area contributed by atoms with Crippen molar-refractivity contribution in [2.24, 2.45) is 0 Å². The largest absolute Gasteiger partial charge is 0.484 e. The Bertz CT molecular complexity index is 842. The molecule has 0 aliphatic carbocycles. The topological polar surface area (TPSA) is 79.5 Å². The molecule has 0 aliphatic heterocycles. The van der Waals surface area contributed by atoms with E-state index in [1.807, 2.05) is 38.1 Å². The second-order valence-corrected chi connectivity index (χ2v) is 7.10. The van der Waals surface area contributed by atoms with Crippen LogP contribution in [0.2, 0.25) is 0 Å². The van der Waals surface area contributed by atoms with E-state index in [0.717, 1.165) is 14.7 Å². The molecule has 0 aliphatic rings. The molecule has 0 heterocycles. The van der Waals surface area contributed by atoms with Gasteiger partial charge < -0.3 is 4.74 Å². The van der Waals surface area contributed by atoms with E-state index in [1.54, 1.807) is 18.2 Å². The zero-order valence-electron chi connectivity index (χ0n) is 14.3. The van der Waals surface area contributed by atoms with Crippen LogP contribution in [0.15, 0.2) is 42.5 Å². The van der Waals surface area contributed by atoms with E-state index < -0.39 is 5.91 Å². The van der Waals surface area contributed by atoms with E-state index in [-0.39, 0.29) is 17.6 Å². The van der Waals surface area contributed by atoms with Crippen molar-refractivity contribution in [2.45, 2.75) is 13.8 Å². The first-order chi connectivity index (χ1) is 12.3. The van der Waals surface area contributed by atoms with Crippen LogP contribution in [0.1, 0.15) is 21.5 Å². The highest BCUT2D eigenvalue weighted by atomic mass is 127. The molecular weight excluding hydrogens is 465 g/mol. The number of benzene rings is 2. The Labute approximate surface area is 170 Å². The number of hydrogen-bond donors (Lipinski definition) is 3. The second-order valence-electron chi connectivity index (χ2n) is 5.53. The Balaban J connectivity index is 1.76. The minimum absolute atomic E-state index is 0.00510. The molecular formula is C18H18IN3O3S. The van der Waals surface area contributed by atoms with Gasteiger partial charge in [-0.15, -0.1) is 0 Å². The van der Waals surface area contributed by atoms with Crippen LogP contribution in [0.4, 0.5) is 0 Å². The average molecular weight is 483 g/mol. The van der Waals surface area contributed by atoms with Crippen molar-refractivity contribution in [1.82, 2.24) is 16.2 Å². The van der Waals surface area contributed by atoms with Gasteiger partial charge in [0.25, 0.3) is 11.8 Å². The summed E-state index contributed by atoms with van der Waals surface area (Å²) in [7, 11) is 0. The van der Waals surface area contributed by atoms with Crippen LogP contribution in [-0.2, 0) is 4.79 Å². The Morgan fingerprint density at radius 2 is 1.88 bits per heavy atom. The zero-order chi connectivity index (χ0) is 19.1. The summed E-state index contributed by atoms with van der Waals surface area (Å²) >= 11 is 7.16. The number of rotatable bonds is 4. The maximum absolute atomic E-state index is 12.1. The van der Waals surface area contributed by atoms with E-state index in [1.165, 1.54) is 0 Å². The van der Waals surface area contributed by atoms with Gasteiger partial charge >= 0.3 is 0 Å². The normalized spacial score (nSPS) is 9.96. The summed E-state index contributed by atoms with van der Waals surface area (Å²) in [5.74, 6) is -0.177. The Morgan fingerprint density at radius 1 is 1.12 bits per heavy atom. The van der Waals surface area contributed by atoms with E-state index >= 15 is 0 Å². The number of hydrogen-bond acceptors (Lipinski definition) is 4. The third-order valence-corrected chi connectivity index (χ3v) is 4.70. The number of halogens is 1. The summed E-state index contributed by atoms with van der Waals surface area (Å²) in [6, 6.07) is 12.7. The molecule has 3 N–H and O–H groups in total. The van der Waals surface area contributed by atoms with E-state index in [2.05, 4.69) is 38.8 Å². The summed E-state index contributed by atoms with van der Waals surface area (Å²) in [5, 5.41) is 2.50. The summed E-state index contributed by atoms with van der Waals surface area (Å²) in [4.78, 5) is 23.9. The number of thiocarbonyl (C=S) groups is 1. The van der Waals surface area contributed by atoms with Gasteiger partial charge in [0.1, 0.15) is 5.75 Å². The molecule has 0 spiro atoms. The van der Waals surface area contributed by atoms with Gasteiger partial charge in [0.15, 0.2) is 11.7 Å². The van der Waals surface area contributed by atoms with E-state index in [9.17, 15) is 9.59 Å². The highest BCUT2D eigenvalue weighted by molar-refractivity contribution is 14.1. The van der Waals surface area contributed by atoms with Crippen molar-refractivity contribution < 1.29 is 14.3 Å². The molecule has 8 heteroatoms. The standard InChI is InChI=1S/C18H18IN3O3S/c1-11-4-3-5-14(8-11)25-10-16(23)21-22-18(26)20-17(24)13-7-6-12(2)15(19)9-13/h3-9H,10H2,1-2H3,(H,21,23)(H2,20,22,24,26). The fourth-order valence-corrected chi connectivity index (χ4v) is 2.62. The monoisotopic (exact) mass is 483 g/mol. The molecule has 2 aromatic carbocycles. The smallest absolute Gasteiger partial charge is 0.276 e. The first kappa shape index (κ1) is 20.1. The highest BCUT2D eigenvalue weighted by Crippen LogP contribution is 2.13. The fourth-order valence-electron chi connectivity index (χ4n) is 1.96. The van der Waals surface area contributed by atoms with Crippen LogP contribution < -0.4 is 20.9 Å². The quantitative estimate of drug-likeness (QED) is 0.354. The van der Waals surface area contributed by atoms with Gasteiger partial charge in [-0.25, -0.2) is 0 Å². The molecule has 0 aromatic heterocycles. The minimum Gasteiger partial charge on any atom is -0.484 e. The molecule has 2 rings (SSSR count). The predicted molar refractivity (Wildman–Crippen MR) is 112 cm³/mol. The van der Waals surface area contributed by atoms with Gasteiger partial charge in [0, 0.05) is 9.13 Å². The van der Waals surface area contributed by atoms with Crippen molar-refractivity contribution in [3.63, 3.8) is 0 Å². The van der Waals surface area contributed by atoms with E-state index in [0.29, 0.717) is 11.3 Å². The van der Waals surface area contributed by atoms with Crippen molar-refractivity contribution in [3.8, 4) is 5.75 Å². The highest BCUT2D eigenvalue weighted by Gasteiger charge is 2.10. The van der Waals surface area contributed by atoms with Crippen molar-refractivity contribution in [1.29, 1.82) is 0 Å². The Kier molecular flexibility index (Phi) is 7.34. The maximum atomic E-state index is 12.1. The predicted octanol–water partition coefficient (Wildman–Crippen LogP) is 2.62. The van der Waals surface area contributed by atoms with Crippen LogP contribution in [0.5, 0.6) is 5.75 Å². The summed E-state index contributed by atoms with van der Waals surface area (Å²) in [6.07, 6.45) is 0. The Morgan fingerprint density at radius 3 is 2.58 bits per heavy atom. The zero-order valence-corrected chi connectivity index (χ0v) is 17.2. The van der Waals surface area contributed by atoms with Gasteiger partial charge in [-0.3, -0.25) is 25.8 Å². The van der Waals surface area contributed by atoms with Crippen LogP contribution in [0.3, 0.4) is 0 Å². The number of ether oxygens (including phenoxy) is 1. The lowest BCUT2D eigenvalue weighted by molar-refractivity contribution is -0.123. The summed E-state index contributed by atoms with van der Waals surface area (Å²) in [5.41, 5.74) is 7.46. The Hall–Kier alpha value is -2.20. The van der Waals surface area contributed by atoms with Crippen molar-refractivity contribution >= 4 is 51.7 Å². The molecule has 0 bridgehead atoms. The molecule has 0 saturated carbocycles. The number of nitrogens with one attached hydrogen (secondary N) is 3. The molecule has 2 amide bonds. The molecule has 2 aromatic rings. The number of amides is 2. The molecule has 0 fully saturated rings. The number of carbonyl (C=O) groups is 2. The first-order valence-electron chi connectivity index (χ1n) is 7.71. The van der Waals surface area contributed by atoms with Crippen molar-refractivity contribution in [3.05, 3.63) is 62.7 Å². The molecule has 26 heavy (non-hydrogen) atoms. The van der Waals surface area contributed by atoms with E-state index in [4.69, 9.17) is 17.0 Å². The molecule has 0 atom stereocenters. The average Bonchev–Trinajstić information content (AvgIpc) is 2.60. The van der Waals surface area contributed by atoms with Gasteiger partial charge in [-0.2, -0.15) is 0 Å². The van der Waals surface area contributed by atoms with Crippen LogP contribution in [0, 0.1) is 17.4 Å². The third kappa shape index (κ3) is 6.26. The third-order valence-electron chi connectivity index (χ3n) is 3.34. The molecule has 0 radical (unpaired) electrons. The van der Waals surface area contributed by atoms with Gasteiger partial charge in [0.2, 0.25) is 0 Å². The minimum atomic E-state index is -0.423. The lowest BCUT2D eigenvalue weighted by Crippen LogP contribution is -2.49. The number of hydrazine groups is 1. The van der Waals surface area contributed by atoms with Gasteiger partial charge in [-0.05, 0) is 84.0 Å².